The number of rotatable bonds is 7. The maximum Gasteiger partial charge on any atom is 0.255 e. The Balaban J connectivity index is 1.69. The van der Waals surface area contributed by atoms with Gasteiger partial charge >= 0.3 is 0 Å². The van der Waals surface area contributed by atoms with Gasteiger partial charge in [0.1, 0.15) is 5.75 Å². The van der Waals surface area contributed by atoms with E-state index >= 15 is 0 Å². The summed E-state index contributed by atoms with van der Waals surface area (Å²) in [6.45, 7) is -0.0585. The lowest BCUT2D eigenvalue weighted by Gasteiger charge is -2.09. The van der Waals surface area contributed by atoms with Gasteiger partial charge < -0.3 is 10.5 Å². The van der Waals surface area contributed by atoms with Crippen LogP contribution in [-0.2, 0) is 41.3 Å². The number of sulfonamides is 1. The van der Waals surface area contributed by atoms with E-state index in [0.717, 1.165) is 36.2 Å². The van der Waals surface area contributed by atoms with Crippen molar-refractivity contribution in [1.82, 2.24) is 14.5 Å². The quantitative estimate of drug-likeness (QED) is 0.730. The van der Waals surface area contributed by atoms with E-state index in [1.807, 2.05) is 7.05 Å². The molecule has 0 atom stereocenters. The number of aromatic nitrogens is 2. The van der Waals surface area contributed by atoms with Gasteiger partial charge in [0.25, 0.3) is 5.91 Å². The number of nitrogens with zero attached hydrogens (tertiary/aromatic N) is 2. The van der Waals surface area contributed by atoms with Crippen molar-refractivity contribution in [3.8, 4) is 5.75 Å². The van der Waals surface area contributed by atoms with Crippen molar-refractivity contribution in [2.45, 2.75) is 30.7 Å². The van der Waals surface area contributed by atoms with E-state index in [2.05, 4.69) is 9.82 Å². The van der Waals surface area contributed by atoms with Crippen LogP contribution in [0.1, 0.15) is 23.4 Å². The molecule has 0 spiro atoms. The van der Waals surface area contributed by atoms with Crippen molar-refractivity contribution in [2.24, 2.45) is 12.8 Å². The topological polar surface area (TPSA) is 116 Å². The maximum absolute atomic E-state index is 12.5. The molecule has 1 aliphatic carbocycles. The van der Waals surface area contributed by atoms with Gasteiger partial charge in [-0.05, 0) is 49.1 Å². The molecule has 0 unspecified atom stereocenters. The molecule has 1 aromatic carbocycles. The van der Waals surface area contributed by atoms with E-state index in [9.17, 15) is 13.2 Å². The van der Waals surface area contributed by atoms with Gasteiger partial charge in [-0.15, -0.1) is 0 Å². The summed E-state index contributed by atoms with van der Waals surface area (Å²) in [5.74, 6) is -0.218. The number of amides is 1. The van der Waals surface area contributed by atoms with Crippen LogP contribution in [0.3, 0.4) is 0 Å². The molecule has 134 valence electrons. The smallest absolute Gasteiger partial charge is 0.255 e. The summed E-state index contributed by atoms with van der Waals surface area (Å²) < 4.78 is 34.4. The average molecular weight is 364 g/mol. The number of hydrogen-bond acceptors (Lipinski definition) is 5. The number of benzene rings is 1. The molecule has 3 rings (SSSR count). The van der Waals surface area contributed by atoms with Gasteiger partial charge in [0.05, 0.1) is 22.8 Å². The Hall–Kier alpha value is -2.39. The maximum atomic E-state index is 12.5. The van der Waals surface area contributed by atoms with Gasteiger partial charge in [-0.1, -0.05) is 0 Å². The Morgan fingerprint density at radius 3 is 2.72 bits per heavy atom. The van der Waals surface area contributed by atoms with Crippen molar-refractivity contribution >= 4 is 15.9 Å². The number of carbonyl (C=O) groups excluding carboxylic acids is 1. The Kier molecular flexibility index (Phi) is 4.78. The molecule has 8 nitrogen and oxygen atoms in total. The second kappa shape index (κ2) is 6.85. The molecule has 9 heteroatoms. The summed E-state index contributed by atoms with van der Waals surface area (Å²) in [4.78, 5) is 10.8. The number of ether oxygens (including phenoxy) is 1. The third kappa shape index (κ3) is 3.83. The number of aryl methyl sites for hydroxylation is 2. The molecule has 2 aromatic rings. The minimum atomic E-state index is -3.66. The average Bonchev–Trinajstić information content (AvgIpc) is 3.12. The highest BCUT2D eigenvalue weighted by molar-refractivity contribution is 7.89. The van der Waals surface area contributed by atoms with Crippen LogP contribution in [-0.4, -0.2) is 30.7 Å². The van der Waals surface area contributed by atoms with Crippen molar-refractivity contribution in [3.05, 3.63) is 41.2 Å². The summed E-state index contributed by atoms with van der Waals surface area (Å²) in [5.41, 5.74) is 8.12. The lowest BCUT2D eigenvalue weighted by molar-refractivity contribution is -0.119. The first-order valence-electron chi connectivity index (χ1n) is 7.91. The lowest BCUT2D eigenvalue weighted by Crippen LogP contribution is -2.25. The fourth-order valence-corrected chi connectivity index (χ4v) is 3.91. The third-order valence-corrected chi connectivity index (χ3v) is 5.56. The van der Waals surface area contributed by atoms with Gasteiger partial charge in [0, 0.05) is 7.05 Å². The van der Waals surface area contributed by atoms with E-state index in [-0.39, 0.29) is 18.0 Å². The van der Waals surface area contributed by atoms with Crippen molar-refractivity contribution < 1.29 is 17.9 Å². The summed E-state index contributed by atoms with van der Waals surface area (Å²) in [6, 6.07) is 5.82. The van der Waals surface area contributed by atoms with Crippen LogP contribution >= 0.6 is 0 Å². The molecule has 0 radical (unpaired) electrons. The van der Waals surface area contributed by atoms with Gasteiger partial charge in [0.2, 0.25) is 10.0 Å². The fraction of sp³-hybridized carbons (Fsp3) is 0.375. The van der Waals surface area contributed by atoms with Crippen LogP contribution in [0.5, 0.6) is 5.75 Å². The zero-order valence-corrected chi connectivity index (χ0v) is 14.7. The fourth-order valence-electron chi connectivity index (χ4n) is 2.92. The van der Waals surface area contributed by atoms with Crippen LogP contribution in [0.4, 0.5) is 0 Å². The molecule has 25 heavy (non-hydrogen) atoms. The molecule has 1 aliphatic rings. The monoisotopic (exact) mass is 364 g/mol. The molecular weight excluding hydrogens is 344 g/mol. The Labute approximate surface area is 146 Å². The van der Waals surface area contributed by atoms with E-state index in [1.54, 1.807) is 4.68 Å². The van der Waals surface area contributed by atoms with Crippen LogP contribution in [0.15, 0.2) is 29.2 Å². The highest BCUT2D eigenvalue weighted by Gasteiger charge is 2.22. The molecule has 0 aliphatic heterocycles. The van der Waals surface area contributed by atoms with Crippen molar-refractivity contribution in [2.75, 3.05) is 6.61 Å². The second-order valence-corrected chi connectivity index (χ2v) is 7.67. The molecule has 0 fully saturated rings. The molecule has 1 aromatic heterocycles. The highest BCUT2D eigenvalue weighted by Crippen LogP contribution is 2.24. The van der Waals surface area contributed by atoms with Crippen molar-refractivity contribution in [1.29, 1.82) is 0 Å². The van der Waals surface area contributed by atoms with E-state index in [0.29, 0.717) is 5.75 Å². The molecule has 0 saturated carbocycles. The summed E-state index contributed by atoms with van der Waals surface area (Å²) >= 11 is 0. The minimum absolute atomic E-state index is 0.123. The van der Waals surface area contributed by atoms with Gasteiger partial charge in [-0.25, -0.2) is 13.1 Å². The van der Waals surface area contributed by atoms with Gasteiger partial charge in [0.15, 0.2) is 6.61 Å². The first-order chi connectivity index (χ1) is 11.9. The molecular formula is C16H20N4O4S. The summed E-state index contributed by atoms with van der Waals surface area (Å²) in [7, 11) is -1.83. The predicted molar refractivity (Wildman–Crippen MR) is 90.4 cm³/mol. The number of nitrogens with two attached hydrogens (primary N) is 1. The van der Waals surface area contributed by atoms with E-state index in [4.69, 9.17) is 10.5 Å². The number of carbonyl (C=O) groups is 1. The van der Waals surface area contributed by atoms with Crippen LogP contribution in [0, 0.1) is 0 Å². The predicted octanol–water partition coefficient (Wildman–Crippen LogP) is 0.251. The first-order valence-corrected chi connectivity index (χ1v) is 9.39. The van der Waals surface area contributed by atoms with Gasteiger partial charge in [-0.2, -0.15) is 5.10 Å². The van der Waals surface area contributed by atoms with Crippen molar-refractivity contribution in [3.63, 3.8) is 0 Å². The first kappa shape index (κ1) is 17.4. The summed E-state index contributed by atoms with van der Waals surface area (Å²) in [5, 5.41) is 4.44. The van der Waals surface area contributed by atoms with E-state index < -0.39 is 15.9 Å². The zero-order chi connectivity index (χ0) is 18.0. The second-order valence-electron chi connectivity index (χ2n) is 5.90. The SMILES string of the molecule is Cn1nc2c(c1CNS(=O)(=O)c1ccc(OCC(N)=O)cc1)CCC2. The van der Waals surface area contributed by atoms with Crippen LogP contribution in [0.25, 0.3) is 0 Å². The molecule has 0 bridgehead atoms. The number of primary amides is 1. The normalized spacial score (nSPS) is 13.6. The number of fused-ring (bicyclic) bond motifs is 1. The number of nitrogens with one attached hydrogen (secondary N) is 1. The Morgan fingerprint density at radius 2 is 2.04 bits per heavy atom. The standard InChI is InChI=1S/C16H20N4O4S/c1-20-15(13-3-2-4-14(13)19-20)9-18-25(22,23)12-7-5-11(6-8-12)24-10-16(17)21/h5-8,18H,2-4,9-10H2,1H3,(H2,17,21). The molecule has 0 saturated heterocycles. The molecule has 1 amide bonds. The van der Waals surface area contributed by atoms with Crippen LogP contribution < -0.4 is 15.2 Å². The van der Waals surface area contributed by atoms with E-state index in [1.165, 1.54) is 24.3 Å². The van der Waals surface area contributed by atoms with Gasteiger partial charge in [-0.3, -0.25) is 9.48 Å². The Morgan fingerprint density at radius 1 is 1.32 bits per heavy atom. The molecule has 3 N–H and O–H groups in total. The minimum Gasteiger partial charge on any atom is -0.484 e. The third-order valence-electron chi connectivity index (χ3n) is 4.14. The number of hydrogen-bond donors (Lipinski definition) is 2. The zero-order valence-electron chi connectivity index (χ0n) is 13.9. The summed E-state index contributed by atoms with van der Waals surface area (Å²) in [6.07, 6.45) is 2.94. The van der Waals surface area contributed by atoms with Crippen LogP contribution in [0.2, 0.25) is 0 Å². The highest BCUT2D eigenvalue weighted by atomic mass is 32.2. The lowest BCUT2D eigenvalue weighted by atomic mass is 10.2. The largest absolute Gasteiger partial charge is 0.484 e. The Bertz CT molecular complexity index is 888. The molecule has 1 heterocycles.